The van der Waals surface area contributed by atoms with Gasteiger partial charge in [-0.15, -0.1) is 0 Å². The zero-order valence-electron chi connectivity index (χ0n) is 13.6. The van der Waals surface area contributed by atoms with E-state index in [1.165, 1.54) is 16.2 Å². The van der Waals surface area contributed by atoms with Gasteiger partial charge in [0.1, 0.15) is 6.04 Å². The fourth-order valence-corrected chi connectivity index (χ4v) is 3.91. The Morgan fingerprint density at radius 3 is 2.58 bits per heavy atom. The van der Waals surface area contributed by atoms with E-state index in [1.54, 1.807) is 0 Å². The lowest BCUT2D eigenvalue weighted by molar-refractivity contribution is -0.162. The largest absolute Gasteiger partial charge is 0.348 e. The minimum Gasteiger partial charge on any atom is -0.348 e. The number of hydrogen-bond acceptors (Lipinski definition) is 3. The Morgan fingerprint density at radius 1 is 1.04 bits per heavy atom. The second kappa shape index (κ2) is 6.38. The first-order chi connectivity index (χ1) is 11.7. The maximum atomic E-state index is 12.8. The molecule has 1 aliphatic carbocycles. The molecule has 2 N–H and O–H groups in total. The molecular formula is C20H22N2O2. The van der Waals surface area contributed by atoms with Gasteiger partial charge in [0, 0.05) is 0 Å². The molecule has 0 radical (unpaired) electrons. The summed E-state index contributed by atoms with van der Waals surface area (Å²) in [4.78, 5) is 12.8. The molecule has 1 heterocycles. The van der Waals surface area contributed by atoms with Crippen LogP contribution in [0.25, 0.3) is 0 Å². The first-order valence-corrected chi connectivity index (χ1v) is 8.63. The average molecular weight is 322 g/mol. The van der Waals surface area contributed by atoms with Gasteiger partial charge in [-0.25, -0.2) is 0 Å². The molecule has 2 aromatic carbocycles. The van der Waals surface area contributed by atoms with Crippen molar-refractivity contribution >= 4 is 5.91 Å². The van der Waals surface area contributed by atoms with Crippen LogP contribution in [0.2, 0.25) is 0 Å². The molecule has 1 aliphatic heterocycles. The predicted octanol–water partition coefficient (Wildman–Crippen LogP) is 3.00. The van der Waals surface area contributed by atoms with E-state index in [9.17, 15) is 10.0 Å². The summed E-state index contributed by atoms with van der Waals surface area (Å²) < 4.78 is 0. The van der Waals surface area contributed by atoms with Crippen molar-refractivity contribution in [1.82, 2.24) is 10.4 Å². The quantitative estimate of drug-likeness (QED) is 0.894. The highest BCUT2D eigenvalue weighted by atomic mass is 16.5. The third-order valence-corrected chi connectivity index (χ3v) is 5.21. The van der Waals surface area contributed by atoms with Crippen molar-refractivity contribution in [3.63, 3.8) is 0 Å². The Labute approximate surface area is 142 Å². The highest BCUT2D eigenvalue weighted by Crippen LogP contribution is 2.30. The van der Waals surface area contributed by atoms with Crippen LogP contribution in [-0.4, -0.2) is 22.2 Å². The molecule has 24 heavy (non-hydrogen) atoms. The van der Waals surface area contributed by atoms with E-state index in [0.717, 1.165) is 30.4 Å². The number of carbonyl (C=O) groups excluding carboxylic acids is 1. The molecular weight excluding hydrogens is 300 g/mol. The minimum atomic E-state index is -0.519. The van der Waals surface area contributed by atoms with Gasteiger partial charge in [-0.2, -0.15) is 5.06 Å². The van der Waals surface area contributed by atoms with Crippen molar-refractivity contribution in [2.75, 3.05) is 0 Å². The number of hydroxylamine groups is 2. The number of carbonyl (C=O) groups is 1. The summed E-state index contributed by atoms with van der Waals surface area (Å²) in [5.41, 5.74) is 4.78. The van der Waals surface area contributed by atoms with E-state index in [2.05, 4.69) is 23.5 Å². The zero-order chi connectivity index (χ0) is 16.5. The van der Waals surface area contributed by atoms with Crippen molar-refractivity contribution in [3.8, 4) is 0 Å². The first-order valence-electron chi connectivity index (χ1n) is 8.63. The molecule has 0 saturated heterocycles. The molecule has 4 heteroatoms. The van der Waals surface area contributed by atoms with Crippen LogP contribution in [0.5, 0.6) is 0 Å². The molecule has 0 aromatic heterocycles. The Kier molecular flexibility index (Phi) is 4.08. The fourth-order valence-electron chi connectivity index (χ4n) is 3.91. The van der Waals surface area contributed by atoms with Gasteiger partial charge in [0.25, 0.3) is 0 Å². The zero-order valence-corrected chi connectivity index (χ0v) is 13.6. The lowest BCUT2D eigenvalue weighted by Crippen LogP contribution is -2.49. The molecule has 4 nitrogen and oxygen atoms in total. The number of benzene rings is 2. The third kappa shape index (κ3) is 2.83. The number of aryl methyl sites for hydroxylation is 1. The molecule has 0 saturated carbocycles. The monoisotopic (exact) mass is 322 g/mol. The van der Waals surface area contributed by atoms with E-state index in [-0.39, 0.29) is 11.9 Å². The predicted molar refractivity (Wildman–Crippen MR) is 91.5 cm³/mol. The summed E-state index contributed by atoms with van der Waals surface area (Å²) in [5.74, 6) is -0.0892. The molecule has 124 valence electrons. The van der Waals surface area contributed by atoms with Gasteiger partial charge in [-0.1, -0.05) is 48.5 Å². The van der Waals surface area contributed by atoms with Gasteiger partial charge in [-0.3, -0.25) is 4.79 Å². The topological polar surface area (TPSA) is 52.6 Å². The van der Waals surface area contributed by atoms with Crippen LogP contribution >= 0.6 is 0 Å². The summed E-state index contributed by atoms with van der Waals surface area (Å²) >= 11 is 0. The van der Waals surface area contributed by atoms with Crippen LogP contribution in [0.15, 0.2) is 48.5 Å². The molecule has 0 bridgehead atoms. The van der Waals surface area contributed by atoms with Gasteiger partial charge in [0.2, 0.25) is 5.91 Å². The molecule has 1 unspecified atom stereocenters. The van der Waals surface area contributed by atoms with Crippen LogP contribution in [0.3, 0.4) is 0 Å². The number of fused-ring (bicyclic) bond motifs is 2. The Morgan fingerprint density at radius 2 is 1.75 bits per heavy atom. The molecule has 1 amide bonds. The lowest BCUT2D eigenvalue weighted by Gasteiger charge is -2.33. The number of nitrogens with one attached hydrogen (secondary N) is 1. The SMILES string of the molecule is O=C(N[C@@H]1CCCc2ccccc21)C1Cc2ccccc2CN1O. The van der Waals surface area contributed by atoms with Crippen LogP contribution in [0.4, 0.5) is 0 Å². The van der Waals surface area contributed by atoms with E-state index >= 15 is 0 Å². The fraction of sp³-hybridized carbons (Fsp3) is 0.350. The Hall–Kier alpha value is -2.17. The molecule has 2 atom stereocenters. The molecule has 2 aliphatic rings. The van der Waals surface area contributed by atoms with Crippen molar-refractivity contribution in [1.29, 1.82) is 0 Å². The summed E-state index contributed by atoms with van der Waals surface area (Å²) in [6, 6.07) is 15.8. The van der Waals surface area contributed by atoms with E-state index in [1.807, 2.05) is 30.3 Å². The smallest absolute Gasteiger partial charge is 0.240 e. The van der Waals surface area contributed by atoms with Gasteiger partial charge in [-0.05, 0) is 47.9 Å². The van der Waals surface area contributed by atoms with Crippen molar-refractivity contribution in [2.24, 2.45) is 0 Å². The van der Waals surface area contributed by atoms with Gasteiger partial charge in [0.05, 0.1) is 12.6 Å². The summed E-state index contributed by atoms with van der Waals surface area (Å²) in [6.07, 6.45) is 3.66. The second-order valence-electron chi connectivity index (χ2n) is 6.74. The van der Waals surface area contributed by atoms with E-state index in [4.69, 9.17) is 0 Å². The maximum absolute atomic E-state index is 12.8. The van der Waals surface area contributed by atoms with Crippen molar-refractivity contribution in [2.45, 2.75) is 44.3 Å². The summed E-state index contributed by atoms with van der Waals surface area (Å²) in [5, 5.41) is 14.6. The van der Waals surface area contributed by atoms with Crippen LogP contribution in [-0.2, 0) is 24.2 Å². The molecule has 0 spiro atoms. The maximum Gasteiger partial charge on any atom is 0.240 e. The van der Waals surface area contributed by atoms with Crippen molar-refractivity contribution < 1.29 is 10.0 Å². The van der Waals surface area contributed by atoms with Gasteiger partial charge >= 0.3 is 0 Å². The van der Waals surface area contributed by atoms with Gasteiger partial charge in [0.15, 0.2) is 0 Å². The Bertz CT molecular complexity index is 759. The Balaban J connectivity index is 1.51. The van der Waals surface area contributed by atoms with Gasteiger partial charge < -0.3 is 10.5 Å². The highest BCUT2D eigenvalue weighted by molar-refractivity contribution is 5.82. The van der Waals surface area contributed by atoms with E-state index < -0.39 is 6.04 Å². The number of amides is 1. The second-order valence-corrected chi connectivity index (χ2v) is 6.74. The summed E-state index contributed by atoms with van der Waals surface area (Å²) in [7, 11) is 0. The van der Waals surface area contributed by atoms with Crippen LogP contribution in [0.1, 0.15) is 41.1 Å². The first kappa shape index (κ1) is 15.4. The molecule has 4 rings (SSSR count). The van der Waals surface area contributed by atoms with E-state index in [0.29, 0.717) is 13.0 Å². The third-order valence-electron chi connectivity index (χ3n) is 5.21. The van der Waals surface area contributed by atoms with Crippen LogP contribution < -0.4 is 5.32 Å². The highest BCUT2D eigenvalue weighted by Gasteiger charge is 2.32. The number of rotatable bonds is 2. The number of nitrogens with zero attached hydrogens (tertiary/aromatic N) is 1. The average Bonchev–Trinajstić information content (AvgIpc) is 2.61. The summed E-state index contributed by atoms with van der Waals surface area (Å²) in [6.45, 7) is 0.398. The molecule has 0 fully saturated rings. The lowest BCUT2D eigenvalue weighted by atomic mass is 9.87. The number of hydrogen-bond donors (Lipinski definition) is 2. The van der Waals surface area contributed by atoms with Crippen LogP contribution in [0, 0.1) is 0 Å². The molecule has 2 aromatic rings. The normalized spacial score (nSPS) is 23.2. The van der Waals surface area contributed by atoms with Crippen molar-refractivity contribution in [3.05, 3.63) is 70.8 Å². The minimum absolute atomic E-state index is 0.0491. The standard InChI is InChI=1S/C20H22N2O2/c23-20(19-12-15-7-1-2-8-16(15)13-22(19)24)21-18-11-5-9-14-6-3-4-10-17(14)18/h1-4,6-8,10,18-19,24H,5,9,11-13H2,(H,21,23)/t18-,19?/m1/s1.